The van der Waals surface area contributed by atoms with E-state index in [-0.39, 0.29) is 0 Å². The molecule has 0 amide bonds. The van der Waals surface area contributed by atoms with Crippen molar-refractivity contribution in [3.8, 4) is 5.75 Å². The van der Waals surface area contributed by atoms with Crippen LogP contribution in [0.1, 0.15) is 18.3 Å². The van der Waals surface area contributed by atoms with E-state index >= 15 is 0 Å². The summed E-state index contributed by atoms with van der Waals surface area (Å²) in [6.07, 6.45) is 0.738. The maximum atomic E-state index is 5.49. The lowest BCUT2D eigenvalue weighted by Crippen LogP contribution is -2.13. The number of benzene rings is 1. The molecule has 0 saturated carbocycles. The molecule has 6 heteroatoms. The van der Waals surface area contributed by atoms with Gasteiger partial charge in [0.05, 0.1) is 7.11 Å². The fourth-order valence-electron chi connectivity index (χ4n) is 1.82. The molecule has 20 heavy (non-hydrogen) atoms. The summed E-state index contributed by atoms with van der Waals surface area (Å²) in [6, 6.07) is 7.66. The topological polar surface area (TPSA) is 85.1 Å². The van der Waals surface area contributed by atoms with Crippen molar-refractivity contribution >= 4 is 17.3 Å². The number of aromatic nitrogens is 2. The average molecular weight is 273 g/mol. The van der Waals surface area contributed by atoms with E-state index in [9.17, 15) is 0 Å². The minimum absolute atomic E-state index is 0.627. The fourth-order valence-corrected chi connectivity index (χ4v) is 1.82. The molecule has 2 aromatic rings. The molecule has 0 aliphatic carbocycles. The Morgan fingerprint density at radius 2 is 2.00 bits per heavy atom. The van der Waals surface area contributed by atoms with Gasteiger partial charge in [-0.25, -0.2) is 15.8 Å². The second-order valence-corrected chi connectivity index (χ2v) is 4.32. The van der Waals surface area contributed by atoms with Crippen molar-refractivity contribution in [3.63, 3.8) is 0 Å². The first-order valence-corrected chi connectivity index (χ1v) is 6.43. The summed E-state index contributed by atoms with van der Waals surface area (Å²) in [4.78, 5) is 8.82. The Kier molecular flexibility index (Phi) is 4.37. The Morgan fingerprint density at radius 3 is 2.65 bits per heavy atom. The zero-order valence-corrected chi connectivity index (χ0v) is 11.9. The first-order valence-electron chi connectivity index (χ1n) is 6.43. The summed E-state index contributed by atoms with van der Waals surface area (Å²) >= 11 is 0. The predicted octanol–water partition coefficient (Wildman–Crippen LogP) is 2.39. The molecule has 1 heterocycles. The largest absolute Gasteiger partial charge is 0.497 e. The lowest BCUT2D eigenvalue weighted by atomic mass is 10.2. The Hall–Kier alpha value is -2.34. The van der Waals surface area contributed by atoms with Crippen LogP contribution >= 0.6 is 0 Å². The third-order valence-corrected chi connectivity index (χ3v) is 2.98. The van der Waals surface area contributed by atoms with Crippen LogP contribution in [0.2, 0.25) is 0 Å². The number of rotatable bonds is 5. The molecule has 0 fully saturated rings. The van der Waals surface area contributed by atoms with E-state index in [0.29, 0.717) is 5.82 Å². The fraction of sp³-hybridized carbons (Fsp3) is 0.286. The summed E-state index contributed by atoms with van der Waals surface area (Å²) in [5, 5.41) is 3.27. The molecule has 1 aromatic carbocycles. The van der Waals surface area contributed by atoms with Crippen LogP contribution in [-0.2, 0) is 6.42 Å². The third-order valence-electron chi connectivity index (χ3n) is 2.98. The molecule has 0 aliphatic heterocycles. The summed E-state index contributed by atoms with van der Waals surface area (Å²) in [6.45, 7) is 3.91. The third kappa shape index (κ3) is 2.97. The summed E-state index contributed by atoms with van der Waals surface area (Å²) < 4.78 is 5.21. The number of methoxy groups -OCH3 is 1. The van der Waals surface area contributed by atoms with Crippen LogP contribution in [0, 0.1) is 6.92 Å². The van der Waals surface area contributed by atoms with E-state index in [0.717, 1.165) is 35.1 Å². The lowest BCUT2D eigenvalue weighted by molar-refractivity contribution is 0.415. The minimum atomic E-state index is 0.627. The van der Waals surface area contributed by atoms with E-state index in [2.05, 4.69) is 20.7 Å². The predicted molar refractivity (Wildman–Crippen MR) is 80.2 cm³/mol. The zero-order valence-electron chi connectivity index (χ0n) is 11.9. The van der Waals surface area contributed by atoms with Gasteiger partial charge in [-0.05, 0) is 19.1 Å². The molecule has 106 valence electrons. The van der Waals surface area contributed by atoms with Crippen LogP contribution < -0.4 is 21.3 Å². The van der Waals surface area contributed by atoms with Gasteiger partial charge >= 0.3 is 0 Å². The van der Waals surface area contributed by atoms with E-state index < -0.39 is 0 Å². The quantitative estimate of drug-likeness (QED) is 0.573. The normalized spacial score (nSPS) is 10.2. The molecule has 0 unspecified atom stereocenters. The van der Waals surface area contributed by atoms with Crippen LogP contribution in [0.5, 0.6) is 5.75 Å². The van der Waals surface area contributed by atoms with Gasteiger partial charge in [0, 0.05) is 23.7 Å². The van der Waals surface area contributed by atoms with Crippen molar-refractivity contribution in [3.05, 3.63) is 35.7 Å². The molecular formula is C14H19N5O. The second-order valence-electron chi connectivity index (χ2n) is 4.32. The Labute approximate surface area is 118 Å². The highest BCUT2D eigenvalue weighted by Gasteiger charge is 2.10. The van der Waals surface area contributed by atoms with Crippen LogP contribution in [0.15, 0.2) is 24.3 Å². The maximum Gasteiger partial charge on any atom is 0.148 e. The number of hydrogen-bond donors (Lipinski definition) is 3. The van der Waals surface area contributed by atoms with Crippen LogP contribution in [0.3, 0.4) is 0 Å². The standard InChI is InChI=1S/C14H19N5O/c1-4-12-17-13(9(2)14(18-12)19-15)16-10-6-5-7-11(8-10)20-3/h5-8H,4,15H2,1-3H3,(H2,16,17,18,19). The van der Waals surface area contributed by atoms with Gasteiger partial charge in [0.15, 0.2) is 0 Å². The van der Waals surface area contributed by atoms with Crippen molar-refractivity contribution in [1.82, 2.24) is 9.97 Å². The monoisotopic (exact) mass is 273 g/mol. The molecular weight excluding hydrogens is 254 g/mol. The van der Waals surface area contributed by atoms with Crippen molar-refractivity contribution < 1.29 is 4.74 Å². The molecule has 0 atom stereocenters. The number of nitrogens with two attached hydrogens (primary N) is 1. The highest BCUT2D eigenvalue weighted by molar-refractivity contribution is 5.65. The molecule has 0 bridgehead atoms. The average Bonchev–Trinajstić information content (AvgIpc) is 2.49. The van der Waals surface area contributed by atoms with Gasteiger partial charge in [0.1, 0.15) is 23.2 Å². The van der Waals surface area contributed by atoms with E-state index in [1.165, 1.54) is 0 Å². The van der Waals surface area contributed by atoms with Crippen LogP contribution in [-0.4, -0.2) is 17.1 Å². The number of anilines is 3. The van der Waals surface area contributed by atoms with Crippen molar-refractivity contribution in [2.24, 2.45) is 5.84 Å². The summed E-state index contributed by atoms with van der Waals surface area (Å²) in [7, 11) is 1.64. The van der Waals surface area contributed by atoms with Crippen LogP contribution in [0.4, 0.5) is 17.3 Å². The van der Waals surface area contributed by atoms with Crippen molar-refractivity contribution in [1.29, 1.82) is 0 Å². The van der Waals surface area contributed by atoms with Gasteiger partial charge < -0.3 is 15.5 Å². The molecule has 0 spiro atoms. The van der Waals surface area contributed by atoms with E-state index in [1.807, 2.05) is 38.1 Å². The Balaban J connectivity index is 2.36. The van der Waals surface area contributed by atoms with E-state index in [1.54, 1.807) is 7.11 Å². The van der Waals surface area contributed by atoms with Crippen molar-refractivity contribution in [2.45, 2.75) is 20.3 Å². The van der Waals surface area contributed by atoms with Crippen LogP contribution in [0.25, 0.3) is 0 Å². The SMILES string of the molecule is CCc1nc(NN)c(C)c(Nc2cccc(OC)c2)n1. The Bertz CT molecular complexity index is 600. The number of hydrazine groups is 1. The van der Waals surface area contributed by atoms with Gasteiger partial charge in [-0.2, -0.15) is 0 Å². The first-order chi connectivity index (χ1) is 9.67. The zero-order chi connectivity index (χ0) is 14.5. The number of aryl methyl sites for hydroxylation is 1. The molecule has 1 aromatic heterocycles. The van der Waals surface area contributed by atoms with E-state index in [4.69, 9.17) is 10.6 Å². The summed E-state index contributed by atoms with van der Waals surface area (Å²) in [5.41, 5.74) is 4.37. The number of hydrogen-bond acceptors (Lipinski definition) is 6. The number of nitrogen functional groups attached to an aromatic ring is 1. The second kappa shape index (κ2) is 6.21. The molecule has 2 rings (SSSR count). The highest BCUT2D eigenvalue weighted by Crippen LogP contribution is 2.25. The molecule has 6 nitrogen and oxygen atoms in total. The van der Waals surface area contributed by atoms with Gasteiger partial charge in [-0.3, -0.25) is 0 Å². The van der Waals surface area contributed by atoms with Gasteiger partial charge in [-0.15, -0.1) is 0 Å². The molecule has 0 saturated heterocycles. The minimum Gasteiger partial charge on any atom is -0.497 e. The lowest BCUT2D eigenvalue weighted by Gasteiger charge is -2.13. The maximum absolute atomic E-state index is 5.49. The van der Waals surface area contributed by atoms with Gasteiger partial charge in [0.25, 0.3) is 0 Å². The Morgan fingerprint density at radius 1 is 1.25 bits per heavy atom. The smallest absolute Gasteiger partial charge is 0.148 e. The summed E-state index contributed by atoms with van der Waals surface area (Å²) in [5.74, 6) is 8.37. The molecule has 0 radical (unpaired) electrons. The van der Waals surface area contributed by atoms with Crippen molar-refractivity contribution in [2.75, 3.05) is 17.9 Å². The number of ether oxygens (including phenoxy) is 1. The van der Waals surface area contributed by atoms with Gasteiger partial charge in [-0.1, -0.05) is 13.0 Å². The first kappa shape index (κ1) is 14.1. The molecule has 0 aliphatic rings. The highest BCUT2D eigenvalue weighted by atomic mass is 16.5. The number of nitrogens with zero attached hydrogens (tertiary/aromatic N) is 2. The van der Waals surface area contributed by atoms with Gasteiger partial charge in [0.2, 0.25) is 0 Å². The molecule has 4 N–H and O–H groups in total. The number of nitrogens with one attached hydrogen (secondary N) is 2.